The van der Waals surface area contributed by atoms with Gasteiger partial charge in [0.1, 0.15) is 5.76 Å². The monoisotopic (exact) mass is 384 g/mol. The first-order valence-corrected chi connectivity index (χ1v) is 7.46. The molecule has 0 unspecified atom stereocenters. The predicted molar refractivity (Wildman–Crippen MR) is 83.7 cm³/mol. The van der Waals surface area contributed by atoms with E-state index in [1.165, 1.54) is 0 Å². The highest BCUT2D eigenvalue weighted by Gasteiger charge is 2.30. The van der Waals surface area contributed by atoms with Crippen LogP contribution in [0.3, 0.4) is 0 Å². The summed E-state index contributed by atoms with van der Waals surface area (Å²) in [5.41, 5.74) is 1.17. The zero-order chi connectivity index (χ0) is 14.1. The topological polar surface area (TPSA) is 59.5 Å². The maximum absolute atomic E-state index is 10.9. The molecule has 1 aromatic heterocycles. The Morgan fingerprint density at radius 2 is 2.20 bits per heavy atom. The summed E-state index contributed by atoms with van der Waals surface area (Å²) in [5, 5.41) is 10.9. The molecule has 2 aromatic rings. The molecule has 0 N–H and O–H groups in total. The van der Waals surface area contributed by atoms with E-state index in [9.17, 15) is 10.1 Å². The first-order chi connectivity index (χ1) is 9.65. The predicted octanol–water partition coefficient (Wildman–Crippen LogP) is 3.96. The lowest BCUT2D eigenvalue weighted by molar-refractivity contribution is -0.385. The van der Waals surface area contributed by atoms with Crippen molar-refractivity contribution in [2.75, 3.05) is 4.90 Å². The number of halogens is 1. The van der Waals surface area contributed by atoms with Crippen molar-refractivity contribution in [1.82, 2.24) is 0 Å². The SMILES string of the molecule is O=[N+]([O-])c1ccc(N(Cc2ccco2)C2CC2)cc1I. The number of hydrogen-bond acceptors (Lipinski definition) is 4. The third kappa shape index (κ3) is 2.79. The van der Waals surface area contributed by atoms with Crippen molar-refractivity contribution < 1.29 is 9.34 Å². The molecule has 1 fully saturated rings. The number of anilines is 1. The largest absolute Gasteiger partial charge is 0.467 e. The fourth-order valence-corrected chi connectivity index (χ4v) is 2.91. The zero-order valence-electron chi connectivity index (χ0n) is 10.7. The van der Waals surface area contributed by atoms with Crippen LogP contribution in [-0.4, -0.2) is 11.0 Å². The van der Waals surface area contributed by atoms with E-state index in [-0.39, 0.29) is 10.6 Å². The van der Waals surface area contributed by atoms with Gasteiger partial charge in [-0.05, 0) is 59.7 Å². The van der Waals surface area contributed by atoms with Crippen LogP contribution in [-0.2, 0) is 6.54 Å². The highest BCUT2D eigenvalue weighted by atomic mass is 127. The Hall–Kier alpha value is -1.57. The van der Waals surface area contributed by atoms with Gasteiger partial charge >= 0.3 is 0 Å². The summed E-state index contributed by atoms with van der Waals surface area (Å²) < 4.78 is 6.07. The Morgan fingerprint density at radius 3 is 2.75 bits per heavy atom. The molecule has 6 heteroatoms. The molecule has 0 spiro atoms. The van der Waals surface area contributed by atoms with E-state index < -0.39 is 0 Å². The van der Waals surface area contributed by atoms with Gasteiger partial charge in [-0.25, -0.2) is 0 Å². The number of rotatable bonds is 5. The minimum Gasteiger partial charge on any atom is -0.467 e. The van der Waals surface area contributed by atoms with Crippen LogP contribution < -0.4 is 4.90 Å². The molecule has 5 nitrogen and oxygen atoms in total. The van der Waals surface area contributed by atoms with Crippen LogP contribution in [0.1, 0.15) is 18.6 Å². The van der Waals surface area contributed by atoms with E-state index in [1.54, 1.807) is 12.3 Å². The number of benzene rings is 1. The second kappa shape index (κ2) is 5.43. The molecule has 3 rings (SSSR count). The van der Waals surface area contributed by atoms with Gasteiger partial charge in [0.15, 0.2) is 0 Å². The van der Waals surface area contributed by atoms with E-state index >= 15 is 0 Å². The molecule has 0 atom stereocenters. The normalized spacial score (nSPS) is 14.2. The lowest BCUT2D eigenvalue weighted by Gasteiger charge is -2.23. The molecule has 1 heterocycles. The van der Waals surface area contributed by atoms with Crippen molar-refractivity contribution in [1.29, 1.82) is 0 Å². The minimum atomic E-state index is -0.348. The molecule has 1 saturated carbocycles. The van der Waals surface area contributed by atoms with Gasteiger partial charge in [-0.3, -0.25) is 10.1 Å². The summed E-state index contributed by atoms with van der Waals surface area (Å²) in [5.74, 6) is 0.908. The Kier molecular flexibility index (Phi) is 3.64. The second-order valence-electron chi connectivity index (χ2n) is 4.83. The summed E-state index contributed by atoms with van der Waals surface area (Å²) in [4.78, 5) is 12.8. The van der Waals surface area contributed by atoms with Crippen LogP contribution >= 0.6 is 22.6 Å². The maximum atomic E-state index is 10.9. The van der Waals surface area contributed by atoms with Crippen LogP contribution in [0.4, 0.5) is 11.4 Å². The van der Waals surface area contributed by atoms with Crippen LogP contribution in [0.5, 0.6) is 0 Å². The number of nitrogens with zero attached hydrogens (tertiary/aromatic N) is 2. The molecule has 1 aromatic carbocycles. The fraction of sp³-hybridized carbons (Fsp3) is 0.286. The summed E-state index contributed by atoms with van der Waals surface area (Å²) in [6, 6.07) is 9.61. The Bertz CT molecular complexity index is 623. The van der Waals surface area contributed by atoms with E-state index in [2.05, 4.69) is 4.90 Å². The molecule has 0 bridgehead atoms. The van der Waals surface area contributed by atoms with Crippen molar-refractivity contribution in [2.24, 2.45) is 0 Å². The lowest BCUT2D eigenvalue weighted by atomic mass is 10.2. The van der Waals surface area contributed by atoms with Crippen molar-refractivity contribution in [3.05, 3.63) is 56.0 Å². The maximum Gasteiger partial charge on any atom is 0.282 e. The second-order valence-corrected chi connectivity index (χ2v) is 5.99. The van der Waals surface area contributed by atoms with Gasteiger partial charge in [-0.15, -0.1) is 0 Å². The van der Waals surface area contributed by atoms with Crippen molar-refractivity contribution in [2.45, 2.75) is 25.4 Å². The number of furan rings is 1. The fourth-order valence-electron chi connectivity index (χ4n) is 2.21. The van der Waals surface area contributed by atoms with Crippen LogP contribution in [0.2, 0.25) is 0 Å². The van der Waals surface area contributed by atoms with E-state index in [1.807, 2.05) is 46.9 Å². The molecule has 0 saturated heterocycles. The summed E-state index contributed by atoms with van der Waals surface area (Å²) in [6.45, 7) is 0.700. The molecule has 1 aliphatic carbocycles. The highest BCUT2D eigenvalue weighted by Crippen LogP contribution is 2.35. The average molecular weight is 384 g/mol. The minimum absolute atomic E-state index is 0.156. The zero-order valence-corrected chi connectivity index (χ0v) is 12.8. The van der Waals surface area contributed by atoms with Gasteiger partial charge in [0.2, 0.25) is 0 Å². The van der Waals surface area contributed by atoms with Crippen molar-refractivity contribution in [3.8, 4) is 0 Å². The molecular formula is C14H13IN2O3. The number of nitro benzene ring substituents is 1. The van der Waals surface area contributed by atoms with Gasteiger partial charge in [0.25, 0.3) is 5.69 Å². The van der Waals surface area contributed by atoms with Crippen molar-refractivity contribution in [3.63, 3.8) is 0 Å². The van der Waals surface area contributed by atoms with Gasteiger partial charge in [-0.1, -0.05) is 0 Å². The highest BCUT2D eigenvalue weighted by molar-refractivity contribution is 14.1. The first kappa shape index (κ1) is 13.4. The molecular weight excluding hydrogens is 371 g/mol. The van der Waals surface area contributed by atoms with E-state index in [4.69, 9.17) is 4.42 Å². The number of nitro groups is 1. The average Bonchev–Trinajstić information content (AvgIpc) is 3.12. The Balaban J connectivity index is 1.88. The summed E-state index contributed by atoms with van der Waals surface area (Å²) >= 11 is 2.02. The smallest absolute Gasteiger partial charge is 0.282 e. The third-order valence-electron chi connectivity index (χ3n) is 3.35. The molecule has 0 aliphatic heterocycles. The van der Waals surface area contributed by atoms with E-state index in [0.29, 0.717) is 16.2 Å². The first-order valence-electron chi connectivity index (χ1n) is 6.38. The summed E-state index contributed by atoms with van der Waals surface area (Å²) in [6.07, 6.45) is 3.99. The van der Waals surface area contributed by atoms with Crippen molar-refractivity contribution >= 4 is 34.0 Å². The molecule has 104 valence electrons. The Labute approximate surface area is 129 Å². The molecule has 20 heavy (non-hydrogen) atoms. The van der Waals surface area contributed by atoms with Gasteiger partial charge in [-0.2, -0.15) is 0 Å². The third-order valence-corrected chi connectivity index (χ3v) is 4.22. The standard InChI is InChI=1S/C14H13IN2O3/c15-13-8-11(5-6-14(13)17(18)19)16(10-3-4-10)9-12-2-1-7-20-12/h1-2,5-8,10H,3-4,9H2. The van der Waals surface area contributed by atoms with Crippen LogP contribution in [0.15, 0.2) is 41.0 Å². The van der Waals surface area contributed by atoms with E-state index in [0.717, 1.165) is 24.3 Å². The Morgan fingerprint density at radius 1 is 1.40 bits per heavy atom. The quantitative estimate of drug-likeness (QED) is 0.445. The summed E-state index contributed by atoms with van der Waals surface area (Å²) in [7, 11) is 0. The van der Waals surface area contributed by atoms with Crippen LogP contribution in [0, 0.1) is 13.7 Å². The number of hydrogen-bond donors (Lipinski definition) is 0. The molecule has 0 amide bonds. The lowest BCUT2D eigenvalue weighted by Crippen LogP contribution is -2.24. The molecule has 1 aliphatic rings. The van der Waals surface area contributed by atoms with Gasteiger partial charge < -0.3 is 9.32 Å². The van der Waals surface area contributed by atoms with Crippen LogP contribution in [0.25, 0.3) is 0 Å². The van der Waals surface area contributed by atoms with Gasteiger partial charge in [0.05, 0.1) is 21.3 Å². The van der Waals surface area contributed by atoms with Gasteiger partial charge in [0, 0.05) is 17.8 Å². The molecule has 0 radical (unpaired) electrons.